The van der Waals surface area contributed by atoms with E-state index in [9.17, 15) is 14.7 Å². The summed E-state index contributed by atoms with van der Waals surface area (Å²) in [7, 11) is 1.51. The molecule has 2 aromatic carbocycles. The minimum absolute atomic E-state index is 0.0184. The second kappa shape index (κ2) is 11.2. The van der Waals surface area contributed by atoms with Crippen molar-refractivity contribution in [2.45, 2.75) is 59.1 Å². The van der Waals surface area contributed by atoms with Gasteiger partial charge in [0, 0.05) is 6.54 Å². The van der Waals surface area contributed by atoms with Gasteiger partial charge in [0.15, 0.2) is 0 Å². The van der Waals surface area contributed by atoms with Gasteiger partial charge in [-0.1, -0.05) is 39.0 Å². The van der Waals surface area contributed by atoms with Crippen molar-refractivity contribution >= 4 is 17.4 Å². The lowest BCUT2D eigenvalue weighted by molar-refractivity contribution is -0.140. The molecule has 0 spiro atoms. The van der Waals surface area contributed by atoms with Crippen molar-refractivity contribution in [3.8, 4) is 11.5 Å². The van der Waals surface area contributed by atoms with Gasteiger partial charge in [-0.2, -0.15) is 0 Å². The fraction of sp³-hybridized carbons (Fsp3) is 0.448. The molecule has 1 amide bonds. The van der Waals surface area contributed by atoms with E-state index in [0.29, 0.717) is 29.2 Å². The van der Waals surface area contributed by atoms with E-state index in [-0.39, 0.29) is 36.0 Å². The van der Waals surface area contributed by atoms with Crippen molar-refractivity contribution in [1.29, 1.82) is 0 Å². The minimum Gasteiger partial charge on any atom is -0.507 e. The van der Waals surface area contributed by atoms with E-state index in [1.54, 1.807) is 18.2 Å². The number of ketones is 1. The Labute approximate surface area is 213 Å². The van der Waals surface area contributed by atoms with Crippen LogP contribution in [0.5, 0.6) is 11.5 Å². The number of carbonyl (C=O) groups excluding carboxylic acids is 2. The Hall–Kier alpha value is -3.32. The van der Waals surface area contributed by atoms with Gasteiger partial charge in [0.05, 0.1) is 43.6 Å². The number of carbonyl (C=O) groups is 2. The number of nitrogens with zero attached hydrogens (tertiary/aromatic N) is 1. The van der Waals surface area contributed by atoms with Gasteiger partial charge in [0.2, 0.25) is 0 Å². The number of Topliss-reactive ketones (excluding diaryl/α,β-unsaturated/α-hetero) is 1. The van der Waals surface area contributed by atoms with Crippen molar-refractivity contribution in [3.63, 3.8) is 0 Å². The maximum absolute atomic E-state index is 13.3. The second-order valence-electron chi connectivity index (χ2n) is 10.1. The molecule has 0 saturated carbocycles. The highest BCUT2D eigenvalue weighted by Crippen LogP contribution is 2.42. The third kappa shape index (κ3) is 5.73. The largest absolute Gasteiger partial charge is 0.507 e. The number of amides is 1. The Bertz CT molecular complexity index is 1130. The maximum atomic E-state index is 13.3. The zero-order valence-corrected chi connectivity index (χ0v) is 22.3. The van der Waals surface area contributed by atoms with E-state index in [0.717, 1.165) is 5.56 Å². The molecule has 1 unspecified atom stereocenters. The van der Waals surface area contributed by atoms with Crippen molar-refractivity contribution < 1.29 is 28.9 Å². The molecule has 1 fully saturated rings. The molecule has 36 heavy (non-hydrogen) atoms. The minimum atomic E-state index is -0.778. The third-order valence-corrected chi connectivity index (χ3v) is 6.15. The van der Waals surface area contributed by atoms with Gasteiger partial charge >= 0.3 is 0 Å². The Kier molecular flexibility index (Phi) is 8.46. The Balaban J connectivity index is 2.18. The van der Waals surface area contributed by atoms with E-state index < -0.39 is 17.7 Å². The fourth-order valence-electron chi connectivity index (χ4n) is 4.26. The number of rotatable bonds is 9. The van der Waals surface area contributed by atoms with Crippen LogP contribution in [0.25, 0.3) is 5.76 Å². The van der Waals surface area contributed by atoms with Crippen LogP contribution in [-0.2, 0) is 19.7 Å². The summed E-state index contributed by atoms with van der Waals surface area (Å²) < 4.78 is 16.7. The number of methoxy groups -OCH3 is 1. The molecule has 1 atom stereocenters. The number of ether oxygens (including phenoxy) is 3. The van der Waals surface area contributed by atoms with Crippen molar-refractivity contribution in [2.24, 2.45) is 0 Å². The summed E-state index contributed by atoms with van der Waals surface area (Å²) >= 11 is 0. The van der Waals surface area contributed by atoms with Crippen molar-refractivity contribution in [2.75, 3.05) is 26.9 Å². The molecule has 1 N–H and O–H groups in total. The number of likely N-dealkylation sites (tertiary alicyclic amines) is 1. The standard InChI is InChI=1S/C29H37NO6/c1-8-35-21-12-9-19(10-13-21)25-24(27(32)28(33)30(25)15-16-36-18(2)3)26(31)22-17-20(29(4,5)6)11-14-23(22)34-7/h9-14,17-18,25,31H,8,15-16H2,1-7H3/b26-24+. The molecule has 7 nitrogen and oxygen atoms in total. The molecule has 194 valence electrons. The van der Waals surface area contributed by atoms with Crippen LogP contribution < -0.4 is 9.47 Å². The lowest BCUT2D eigenvalue weighted by Gasteiger charge is -2.26. The molecule has 3 rings (SSSR count). The second-order valence-corrected chi connectivity index (χ2v) is 10.1. The highest BCUT2D eigenvalue weighted by atomic mass is 16.5. The van der Waals surface area contributed by atoms with E-state index in [1.807, 2.05) is 45.0 Å². The molecule has 0 aromatic heterocycles. The predicted molar refractivity (Wildman–Crippen MR) is 139 cm³/mol. The number of benzene rings is 2. The third-order valence-electron chi connectivity index (χ3n) is 6.15. The SMILES string of the molecule is CCOc1ccc(C2/C(=C(\O)c3cc(C(C)(C)C)ccc3OC)C(=O)C(=O)N2CCOC(C)C)cc1. The van der Waals surface area contributed by atoms with Crippen LogP contribution in [0.4, 0.5) is 0 Å². The van der Waals surface area contributed by atoms with Gasteiger partial charge in [-0.15, -0.1) is 0 Å². The zero-order valence-electron chi connectivity index (χ0n) is 22.3. The molecule has 0 bridgehead atoms. The summed E-state index contributed by atoms with van der Waals surface area (Å²) in [5.41, 5.74) is 1.85. The molecule has 7 heteroatoms. The highest BCUT2D eigenvalue weighted by molar-refractivity contribution is 6.46. The summed E-state index contributed by atoms with van der Waals surface area (Å²) in [5, 5.41) is 11.6. The topological polar surface area (TPSA) is 85.3 Å². The Morgan fingerprint density at radius 3 is 2.31 bits per heavy atom. The van der Waals surface area contributed by atoms with Gasteiger partial charge in [-0.05, 0) is 61.6 Å². The summed E-state index contributed by atoms with van der Waals surface area (Å²) in [6, 6.07) is 12.0. The van der Waals surface area contributed by atoms with Crippen molar-refractivity contribution in [1.82, 2.24) is 4.90 Å². The van der Waals surface area contributed by atoms with E-state index in [2.05, 4.69) is 20.8 Å². The number of hydrogen-bond acceptors (Lipinski definition) is 6. The van der Waals surface area contributed by atoms with Gasteiger partial charge in [0.1, 0.15) is 17.3 Å². The molecule has 1 saturated heterocycles. The van der Waals surface area contributed by atoms with Gasteiger partial charge in [0.25, 0.3) is 11.7 Å². The first-order chi connectivity index (χ1) is 17.0. The van der Waals surface area contributed by atoms with E-state index in [4.69, 9.17) is 14.2 Å². The molecule has 0 radical (unpaired) electrons. The first-order valence-electron chi connectivity index (χ1n) is 12.3. The molecule has 0 aliphatic carbocycles. The zero-order chi connectivity index (χ0) is 26.6. The van der Waals surface area contributed by atoms with Gasteiger partial charge in [-0.25, -0.2) is 0 Å². The average Bonchev–Trinajstić information content (AvgIpc) is 3.08. The lowest BCUT2D eigenvalue weighted by Crippen LogP contribution is -2.33. The smallest absolute Gasteiger partial charge is 0.295 e. The van der Waals surface area contributed by atoms with Gasteiger partial charge in [-0.3, -0.25) is 9.59 Å². The fourth-order valence-corrected chi connectivity index (χ4v) is 4.26. The summed E-state index contributed by atoms with van der Waals surface area (Å²) in [5.74, 6) is -0.573. The molecular weight excluding hydrogens is 458 g/mol. The first-order valence-corrected chi connectivity index (χ1v) is 12.3. The number of aliphatic hydroxyl groups is 1. The molecule has 1 heterocycles. The quantitative estimate of drug-likeness (QED) is 0.291. The van der Waals surface area contributed by atoms with Crippen molar-refractivity contribution in [3.05, 3.63) is 64.7 Å². The maximum Gasteiger partial charge on any atom is 0.295 e. The molecular formula is C29H37NO6. The molecule has 1 aliphatic rings. The predicted octanol–water partition coefficient (Wildman–Crippen LogP) is 5.24. The Morgan fingerprint density at radius 2 is 1.75 bits per heavy atom. The van der Waals surface area contributed by atoms with E-state index >= 15 is 0 Å². The number of aliphatic hydroxyl groups excluding tert-OH is 1. The average molecular weight is 496 g/mol. The van der Waals surface area contributed by atoms with Crippen LogP contribution in [0.3, 0.4) is 0 Å². The monoisotopic (exact) mass is 495 g/mol. The van der Waals surface area contributed by atoms with Crippen LogP contribution in [0, 0.1) is 0 Å². The Morgan fingerprint density at radius 1 is 1.08 bits per heavy atom. The van der Waals surface area contributed by atoms with Crippen LogP contribution in [0.15, 0.2) is 48.0 Å². The summed E-state index contributed by atoms with van der Waals surface area (Å²) in [6.07, 6.45) is -0.0184. The first kappa shape index (κ1) is 27.3. The van der Waals surface area contributed by atoms with Crippen LogP contribution in [0.2, 0.25) is 0 Å². The van der Waals surface area contributed by atoms with Crippen LogP contribution >= 0.6 is 0 Å². The summed E-state index contributed by atoms with van der Waals surface area (Å²) in [6.45, 7) is 12.9. The number of hydrogen-bond donors (Lipinski definition) is 1. The molecule has 1 aliphatic heterocycles. The van der Waals surface area contributed by atoms with Crippen LogP contribution in [0.1, 0.15) is 64.3 Å². The lowest BCUT2D eigenvalue weighted by atomic mass is 9.85. The highest BCUT2D eigenvalue weighted by Gasteiger charge is 2.46. The molecule has 2 aromatic rings. The normalized spacial score (nSPS) is 17.7. The summed E-state index contributed by atoms with van der Waals surface area (Å²) in [4.78, 5) is 28.0. The van der Waals surface area contributed by atoms with Crippen LogP contribution in [-0.4, -0.2) is 54.7 Å². The van der Waals surface area contributed by atoms with Gasteiger partial charge < -0.3 is 24.2 Å². The van der Waals surface area contributed by atoms with E-state index in [1.165, 1.54) is 12.0 Å².